The van der Waals surface area contributed by atoms with Gasteiger partial charge in [0.15, 0.2) is 16.9 Å². The number of nitrogens with two attached hydrogens (primary N) is 1. The molecule has 31 heavy (non-hydrogen) atoms. The first-order valence-electron chi connectivity index (χ1n) is 8.24. The highest BCUT2D eigenvalue weighted by molar-refractivity contribution is 7.84. The average Bonchev–Trinajstić information content (AvgIpc) is 3.07. The molecule has 0 aromatic carbocycles. The Morgan fingerprint density at radius 3 is 2.45 bits per heavy atom. The van der Waals surface area contributed by atoms with Crippen LogP contribution >= 0.6 is 11.3 Å². The summed E-state index contributed by atoms with van der Waals surface area (Å²) in [6.45, 7) is 2.32. The van der Waals surface area contributed by atoms with E-state index in [0.29, 0.717) is 0 Å². The molecular formula is C14H18N6O9S2. The van der Waals surface area contributed by atoms with E-state index >= 15 is 0 Å². The number of β-lactam (4-membered cyclic amide) rings is 1. The van der Waals surface area contributed by atoms with E-state index in [1.807, 2.05) is 0 Å². The quantitative estimate of drug-likeness (QED) is 0.114. The number of aliphatic carboxylic acids is 1. The number of oxime groups is 1. The molecule has 170 valence electrons. The minimum absolute atomic E-state index is 0.0356. The molecule has 0 radical (unpaired) electrons. The van der Waals surface area contributed by atoms with Crippen LogP contribution in [0.5, 0.6) is 0 Å². The summed E-state index contributed by atoms with van der Waals surface area (Å²) in [5, 5.41) is 18.2. The van der Waals surface area contributed by atoms with Crippen molar-refractivity contribution in [2.24, 2.45) is 5.16 Å². The molecule has 1 aromatic heterocycles. The van der Waals surface area contributed by atoms with Crippen LogP contribution < -0.4 is 16.4 Å². The van der Waals surface area contributed by atoms with Gasteiger partial charge >= 0.3 is 16.3 Å². The normalized spacial score (nSPS) is 19.4. The highest BCUT2D eigenvalue weighted by Gasteiger charge is 2.57. The first-order valence-corrected chi connectivity index (χ1v) is 10.5. The third kappa shape index (κ3) is 4.89. The zero-order valence-electron chi connectivity index (χ0n) is 16.2. The van der Waals surface area contributed by atoms with E-state index in [0.717, 1.165) is 32.2 Å². The molecule has 15 nitrogen and oxygen atoms in total. The number of hydrogen-bond acceptors (Lipinski definition) is 11. The molecule has 6 N–H and O–H groups in total. The van der Waals surface area contributed by atoms with E-state index in [1.165, 1.54) is 5.38 Å². The Bertz CT molecular complexity index is 1060. The molecule has 0 saturated carbocycles. The van der Waals surface area contributed by atoms with Gasteiger partial charge in [0.25, 0.3) is 11.8 Å². The van der Waals surface area contributed by atoms with Crippen LogP contribution in [-0.2, 0) is 34.3 Å². The van der Waals surface area contributed by atoms with Gasteiger partial charge in [-0.15, -0.1) is 11.3 Å². The van der Waals surface area contributed by atoms with Gasteiger partial charge in [0.1, 0.15) is 11.7 Å². The molecule has 1 saturated heterocycles. The van der Waals surface area contributed by atoms with Crippen LogP contribution in [-0.4, -0.2) is 81.5 Å². The lowest BCUT2D eigenvalue weighted by molar-refractivity contribution is -0.161. The van der Waals surface area contributed by atoms with Crippen LogP contribution in [0.1, 0.15) is 19.5 Å². The van der Waals surface area contributed by atoms with E-state index in [1.54, 1.807) is 0 Å². The predicted octanol–water partition coefficient (Wildman–Crippen LogP) is -2.45. The van der Waals surface area contributed by atoms with Gasteiger partial charge in [0, 0.05) is 12.4 Å². The van der Waals surface area contributed by atoms with E-state index < -0.39 is 57.4 Å². The fourth-order valence-corrected chi connectivity index (χ4v) is 3.67. The third-order valence-corrected chi connectivity index (χ3v) is 5.54. The molecule has 2 heterocycles. The number of hydrogen-bond donors (Lipinski definition) is 5. The maximum Gasteiger partial charge on any atom is 0.363 e. The van der Waals surface area contributed by atoms with E-state index in [2.05, 4.69) is 20.8 Å². The summed E-state index contributed by atoms with van der Waals surface area (Å²) in [7, 11) is -3.92. The Labute approximate surface area is 179 Å². The molecule has 3 amide bonds. The Hall–Kier alpha value is -3.31. The van der Waals surface area contributed by atoms with Gasteiger partial charge in [-0.3, -0.25) is 18.9 Å². The number of anilines is 1. The zero-order valence-corrected chi connectivity index (χ0v) is 17.9. The summed E-state index contributed by atoms with van der Waals surface area (Å²) in [6, 6.07) is -3.45. The first-order chi connectivity index (χ1) is 14.2. The summed E-state index contributed by atoms with van der Waals surface area (Å²) in [5.41, 5.74) is 2.97. The number of aromatic nitrogens is 1. The van der Waals surface area contributed by atoms with Crippen LogP contribution in [0, 0.1) is 0 Å². The van der Waals surface area contributed by atoms with Gasteiger partial charge in [0.05, 0.1) is 0 Å². The Morgan fingerprint density at radius 2 is 2.00 bits per heavy atom. The Balaban J connectivity index is 2.36. The number of carbonyl (C=O) groups excluding carboxylic acids is 3. The van der Waals surface area contributed by atoms with Gasteiger partial charge in [-0.05, 0) is 13.8 Å². The molecule has 2 atom stereocenters. The van der Waals surface area contributed by atoms with Crippen molar-refractivity contribution in [3.05, 3.63) is 11.1 Å². The van der Waals surface area contributed by atoms with E-state index in [4.69, 9.17) is 20.2 Å². The zero-order chi connectivity index (χ0) is 23.7. The standard InChI is InChI=1S/C14H18N6O9S2/c1-14(2,12(24)25)29-19-6(5-4-30-13(15)17-5)9(21)18-7-8(10(22)16-3)20(11(7)23)31(26,27)28/h4,7-8H,1-3H3,(H2,15,17)(H,16,22)(H,18,21)(H,24,25)(H,26,27,28)/t7-,8-/m1/s1. The number of nitrogen functional groups attached to an aromatic ring is 1. The first kappa shape index (κ1) is 24.0. The SMILES string of the molecule is CNC(=O)[C@H]1[C@@H](NC(=O)C(=NOC(C)(C)C(=O)O)c2csc(N)n2)C(=O)N1S(=O)(=O)O. The highest BCUT2D eigenvalue weighted by atomic mass is 32.2. The van der Waals surface area contributed by atoms with Gasteiger partial charge in [0.2, 0.25) is 11.5 Å². The topological polar surface area (TPSA) is 231 Å². The largest absolute Gasteiger partial charge is 0.478 e. The maximum absolute atomic E-state index is 12.7. The highest BCUT2D eigenvalue weighted by Crippen LogP contribution is 2.24. The van der Waals surface area contributed by atoms with Crippen molar-refractivity contribution in [3.8, 4) is 0 Å². The van der Waals surface area contributed by atoms with Crippen molar-refractivity contribution < 1.29 is 42.1 Å². The molecule has 2 rings (SSSR count). The van der Waals surface area contributed by atoms with Crippen LogP contribution in [0.2, 0.25) is 0 Å². The minimum Gasteiger partial charge on any atom is -0.478 e. The fourth-order valence-electron chi connectivity index (χ4n) is 2.28. The molecule has 17 heteroatoms. The number of carboxylic acids is 1. The molecule has 1 aliphatic heterocycles. The lowest BCUT2D eigenvalue weighted by atomic mass is 9.97. The van der Waals surface area contributed by atoms with E-state index in [9.17, 15) is 27.6 Å². The fraction of sp³-hybridized carbons (Fsp3) is 0.429. The number of nitrogens with one attached hydrogen (secondary N) is 2. The van der Waals surface area contributed by atoms with Gasteiger partial charge in [-0.1, -0.05) is 5.16 Å². The van der Waals surface area contributed by atoms with Crippen molar-refractivity contribution in [1.29, 1.82) is 0 Å². The summed E-state index contributed by atoms with van der Waals surface area (Å²) in [4.78, 5) is 56.8. The molecule has 0 unspecified atom stereocenters. The summed E-state index contributed by atoms with van der Waals surface area (Å²) >= 11 is 0.924. The molecule has 0 bridgehead atoms. The summed E-state index contributed by atoms with van der Waals surface area (Å²) in [5.74, 6) is -4.81. The van der Waals surface area contributed by atoms with Crippen LogP contribution in [0.3, 0.4) is 0 Å². The van der Waals surface area contributed by atoms with Crippen LogP contribution in [0.15, 0.2) is 10.5 Å². The molecule has 1 fully saturated rings. The van der Waals surface area contributed by atoms with Crippen LogP contribution in [0.25, 0.3) is 0 Å². The predicted molar refractivity (Wildman–Crippen MR) is 104 cm³/mol. The van der Waals surface area contributed by atoms with Crippen molar-refractivity contribution in [2.75, 3.05) is 12.8 Å². The second kappa shape index (κ2) is 8.44. The second-order valence-electron chi connectivity index (χ2n) is 6.54. The average molecular weight is 478 g/mol. The lowest BCUT2D eigenvalue weighted by Crippen LogP contribution is -2.76. The summed E-state index contributed by atoms with van der Waals surface area (Å²) in [6.07, 6.45) is 0. The van der Waals surface area contributed by atoms with Crippen molar-refractivity contribution in [1.82, 2.24) is 19.9 Å². The monoisotopic (exact) mass is 478 g/mol. The minimum atomic E-state index is -5.07. The number of rotatable bonds is 8. The number of carboxylic acid groups (broad SMARTS) is 1. The van der Waals surface area contributed by atoms with Gasteiger partial charge in [-0.25, -0.2) is 9.78 Å². The Morgan fingerprint density at radius 1 is 1.39 bits per heavy atom. The lowest BCUT2D eigenvalue weighted by Gasteiger charge is -2.42. The van der Waals surface area contributed by atoms with Crippen molar-refractivity contribution in [2.45, 2.75) is 31.5 Å². The van der Waals surface area contributed by atoms with Crippen LogP contribution in [0.4, 0.5) is 5.13 Å². The number of amides is 3. The molecular weight excluding hydrogens is 460 g/mol. The molecule has 0 spiro atoms. The molecule has 0 aliphatic carbocycles. The molecule has 1 aromatic rings. The number of thiazole rings is 1. The third-order valence-electron chi connectivity index (χ3n) is 3.96. The van der Waals surface area contributed by atoms with Gasteiger partial charge < -0.3 is 26.3 Å². The molecule has 1 aliphatic rings. The van der Waals surface area contributed by atoms with Gasteiger partial charge in [-0.2, -0.15) is 12.7 Å². The Kier molecular flexibility index (Phi) is 6.52. The summed E-state index contributed by atoms with van der Waals surface area (Å²) < 4.78 is 31.8. The number of carbonyl (C=O) groups is 4. The maximum atomic E-state index is 12.7. The number of nitrogens with zero attached hydrogens (tertiary/aromatic N) is 3. The second-order valence-corrected chi connectivity index (χ2v) is 8.72. The smallest absolute Gasteiger partial charge is 0.363 e. The number of likely N-dealkylation sites (N-methyl/N-ethyl adjacent to an activating group) is 1. The van der Waals surface area contributed by atoms with Crippen molar-refractivity contribution >= 4 is 56.2 Å². The van der Waals surface area contributed by atoms with E-state index in [-0.39, 0.29) is 15.1 Å². The van der Waals surface area contributed by atoms with Crippen molar-refractivity contribution in [3.63, 3.8) is 0 Å².